The fraction of sp³-hybridized carbons (Fsp3) is 0.0909. The van der Waals surface area contributed by atoms with Crippen LogP contribution in [0.25, 0.3) is 96.7 Å². The topological polar surface area (TPSA) is 0 Å². The summed E-state index contributed by atoms with van der Waals surface area (Å²) in [5.41, 5.74) is 13.7. The molecule has 0 radical (unpaired) electrons. The van der Waals surface area contributed by atoms with Gasteiger partial charge >= 0.3 is 0 Å². The Morgan fingerprint density at radius 3 is 1.80 bits per heavy atom. The molecule has 0 spiro atoms. The van der Waals surface area contributed by atoms with Crippen molar-refractivity contribution in [3.63, 3.8) is 0 Å². The predicted octanol–water partition coefficient (Wildman–Crippen LogP) is 15.9. The van der Waals surface area contributed by atoms with Crippen molar-refractivity contribution in [2.24, 2.45) is 0 Å². The van der Waals surface area contributed by atoms with Gasteiger partial charge in [0.2, 0.25) is 0 Å². The molecular formula is C55H38S. The number of hydrogen-bond donors (Lipinski definition) is 0. The predicted molar refractivity (Wildman–Crippen MR) is 244 cm³/mol. The summed E-state index contributed by atoms with van der Waals surface area (Å²) in [5, 5.41) is 13.3. The Kier molecular flexibility index (Phi) is 6.78. The highest BCUT2D eigenvalue weighted by Crippen LogP contribution is 2.54. The van der Waals surface area contributed by atoms with E-state index in [1.165, 1.54) is 119 Å². The normalized spacial score (nSPS) is 14.8. The van der Waals surface area contributed by atoms with Crippen molar-refractivity contribution in [1.82, 2.24) is 0 Å². The molecule has 0 saturated heterocycles. The molecule has 1 aromatic heterocycles. The van der Waals surface area contributed by atoms with Crippen molar-refractivity contribution in [2.75, 3.05) is 0 Å². The average Bonchev–Trinajstić information content (AvgIpc) is 3.74. The van der Waals surface area contributed by atoms with E-state index in [1.54, 1.807) is 0 Å². The third kappa shape index (κ3) is 4.53. The first-order valence-corrected chi connectivity index (χ1v) is 20.7. The van der Waals surface area contributed by atoms with Crippen LogP contribution in [-0.2, 0) is 5.41 Å². The van der Waals surface area contributed by atoms with Crippen LogP contribution < -0.4 is 0 Å². The van der Waals surface area contributed by atoms with Gasteiger partial charge in [-0.2, -0.15) is 0 Å². The van der Waals surface area contributed by atoms with E-state index in [-0.39, 0.29) is 5.41 Å². The molecule has 0 saturated carbocycles. The molecule has 0 N–H and O–H groups in total. The van der Waals surface area contributed by atoms with Gasteiger partial charge in [0.25, 0.3) is 0 Å². The summed E-state index contributed by atoms with van der Waals surface area (Å²) >= 11 is 1.95. The summed E-state index contributed by atoms with van der Waals surface area (Å²) in [6, 6.07) is 59.3. The Bertz CT molecular complexity index is 3330. The molecule has 10 aromatic rings. The molecule has 2 aliphatic rings. The third-order valence-corrected chi connectivity index (χ3v) is 14.2. The SMILES string of the molecule is CC1(C)c2ccc(C3=CC=C(c4c5ccccc5c(-c5ccc6ccccc6c5)c5ccccc45)CC3)cc2-c2ccc3ccc4c5ccccc5sc4c3c21. The molecule has 1 heteroatoms. The van der Waals surface area contributed by atoms with E-state index < -0.39 is 0 Å². The van der Waals surface area contributed by atoms with E-state index in [0.717, 1.165) is 12.8 Å². The van der Waals surface area contributed by atoms with Gasteiger partial charge in [-0.15, -0.1) is 11.3 Å². The van der Waals surface area contributed by atoms with Gasteiger partial charge in [-0.25, -0.2) is 0 Å². The summed E-state index contributed by atoms with van der Waals surface area (Å²) in [6.45, 7) is 4.86. The van der Waals surface area contributed by atoms with Crippen LogP contribution in [0.2, 0.25) is 0 Å². The zero-order valence-electron chi connectivity index (χ0n) is 31.5. The number of rotatable bonds is 3. The molecule has 0 unspecified atom stereocenters. The maximum absolute atomic E-state index is 2.49. The minimum atomic E-state index is -0.0949. The number of hydrogen-bond acceptors (Lipinski definition) is 1. The van der Waals surface area contributed by atoms with Crippen molar-refractivity contribution in [2.45, 2.75) is 32.1 Å². The van der Waals surface area contributed by atoms with Gasteiger partial charge in [-0.1, -0.05) is 166 Å². The monoisotopic (exact) mass is 730 g/mol. The van der Waals surface area contributed by atoms with Crippen LogP contribution in [0.15, 0.2) is 170 Å². The lowest BCUT2D eigenvalue weighted by Gasteiger charge is -2.24. The summed E-state index contributed by atoms with van der Waals surface area (Å²) in [6.07, 6.45) is 6.84. The Labute approximate surface area is 330 Å². The van der Waals surface area contributed by atoms with Crippen LogP contribution in [0.5, 0.6) is 0 Å². The van der Waals surface area contributed by atoms with Gasteiger partial charge in [0.1, 0.15) is 0 Å². The zero-order valence-corrected chi connectivity index (χ0v) is 32.3. The maximum atomic E-state index is 2.49. The lowest BCUT2D eigenvalue weighted by molar-refractivity contribution is 0.666. The van der Waals surface area contributed by atoms with Crippen molar-refractivity contribution < 1.29 is 0 Å². The largest absolute Gasteiger partial charge is 0.135 e. The van der Waals surface area contributed by atoms with Crippen LogP contribution in [0, 0.1) is 0 Å². The van der Waals surface area contributed by atoms with E-state index >= 15 is 0 Å². The first-order valence-electron chi connectivity index (χ1n) is 19.9. The Hall–Kier alpha value is -6.28. The molecule has 0 amide bonds. The zero-order chi connectivity index (χ0) is 37.1. The second-order valence-electron chi connectivity index (χ2n) is 16.3. The Morgan fingerprint density at radius 1 is 0.446 bits per heavy atom. The molecule has 0 atom stereocenters. The number of benzene rings is 9. The van der Waals surface area contributed by atoms with Gasteiger partial charge in [0.05, 0.1) is 0 Å². The average molecular weight is 731 g/mol. The second kappa shape index (κ2) is 11.9. The van der Waals surface area contributed by atoms with Crippen molar-refractivity contribution in [3.05, 3.63) is 192 Å². The molecule has 0 aliphatic heterocycles. The quantitative estimate of drug-likeness (QED) is 0.159. The minimum absolute atomic E-state index is 0.0949. The van der Waals surface area contributed by atoms with Crippen molar-refractivity contribution in [3.8, 4) is 22.3 Å². The van der Waals surface area contributed by atoms with Crippen LogP contribution in [0.4, 0.5) is 0 Å². The smallest absolute Gasteiger partial charge is 0.0437 e. The molecule has 0 bridgehead atoms. The fourth-order valence-corrected chi connectivity index (χ4v) is 11.6. The van der Waals surface area contributed by atoms with Crippen LogP contribution in [0.3, 0.4) is 0 Å². The molecule has 1 heterocycles. The second-order valence-corrected chi connectivity index (χ2v) is 17.4. The number of thiophene rings is 1. The highest BCUT2D eigenvalue weighted by molar-refractivity contribution is 7.26. The summed E-state index contributed by atoms with van der Waals surface area (Å²) < 4.78 is 2.78. The van der Waals surface area contributed by atoms with E-state index in [1.807, 2.05) is 11.3 Å². The molecule has 56 heavy (non-hydrogen) atoms. The summed E-state index contributed by atoms with van der Waals surface area (Å²) in [7, 11) is 0. The number of fused-ring (bicyclic) bond motifs is 12. The summed E-state index contributed by atoms with van der Waals surface area (Å²) in [5.74, 6) is 0. The summed E-state index contributed by atoms with van der Waals surface area (Å²) in [4.78, 5) is 0. The van der Waals surface area contributed by atoms with E-state index in [0.29, 0.717) is 0 Å². The molecular weight excluding hydrogens is 693 g/mol. The van der Waals surface area contributed by atoms with Crippen LogP contribution in [0.1, 0.15) is 48.9 Å². The standard InChI is InChI=1S/C55H38S/c1-55(2)48-30-27-38(32-47(48)45-28-25-36-26-29-46-40-13-9-10-18-49(40)56-54(46)52(36)53(45)55)34-19-22-35(23-20-34)50-41-14-5-7-16-43(41)51(44-17-8-6-15-42(44)50)39-24-21-33-11-3-4-12-37(33)31-39/h3-19,21-22,24-32H,20,23H2,1-2H3. The minimum Gasteiger partial charge on any atom is -0.135 e. The first kappa shape index (κ1) is 32.0. The lowest BCUT2D eigenvalue weighted by Crippen LogP contribution is -2.15. The molecule has 0 fully saturated rings. The van der Waals surface area contributed by atoms with Gasteiger partial charge in [-0.05, 0) is 124 Å². The Balaban J connectivity index is 0.986. The highest BCUT2D eigenvalue weighted by atomic mass is 32.1. The Morgan fingerprint density at radius 2 is 1.05 bits per heavy atom. The molecule has 264 valence electrons. The van der Waals surface area contributed by atoms with Crippen LogP contribution in [-0.4, -0.2) is 0 Å². The van der Waals surface area contributed by atoms with Crippen molar-refractivity contribution in [1.29, 1.82) is 0 Å². The first-order chi connectivity index (χ1) is 27.5. The van der Waals surface area contributed by atoms with Gasteiger partial charge in [0, 0.05) is 31.0 Å². The van der Waals surface area contributed by atoms with Gasteiger partial charge < -0.3 is 0 Å². The molecule has 0 nitrogen and oxygen atoms in total. The van der Waals surface area contributed by atoms with E-state index in [9.17, 15) is 0 Å². The molecule has 12 rings (SSSR count). The van der Waals surface area contributed by atoms with E-state index in [4.69, 9.17) is 0 Å². The molecule has 2 aliphatic carbocycles. The maximum Gasteiger partial charge on any atom is 0.0437 e. The highest BCUT2D eigenvalue weighted by Gasteiger charge is 2.38. The van der Waals surface area contributed by atoms with Crippen molar-refractivity contribution >= 4 is 85.7 Å². The van der Waals surface area contributed by atoms with Gasteiger partial charge in [-0.3, -0.25) is 0 Å². The van der Waals surface area contributed by atoms with E-state index in [2.05, 4.69) is 184 Å². The lowest BCUT2D eigenvalue weighted by atomic mass is 9.79. The third-order valence-electron chi connectivity index (χ3n) is 12.9. The van der Waals surface area contributed by atoms with Crippen LogP contribution >= 0.6 is 11.3 Å². The van der Waals surface area contributed by atoms with Gasteiger partial charge in [0.15, 0.2) is 0 Å². The fourth-order valence-electron chi connectivity index (χ4n) is 10.3. The number of allylic oxidation sites excluding steroid dienone is 4. The molecule has 9 aromatic carbocycles.